The molecule has 1 aromatic carbocycles. The molecule has 1 aromatic rings. The summed E-state index contributed by atoms with van der Waals surface area (Å²) in [5, 5.41) is 3.49. The highest BCUT2D eigenvalue weighted by atomic mass is 16.5. The molecular formula is C15H23NO2. The minimum atomic E-state index is 0.226. The van der Waals surface area contributed by atoms with E-state index in [0.29, 0.717) is 5.92 Å². The Bertz CT molecular complexity index is 359. The Balaban J connectivity index is 1.77. The summed E-state index contributed by atoms with van der Waals surface area (Å²) < 4.78 is 11.0. The Labute approximate surface area is 109 Å². The molecule has 3 heteroatoms. The normalized spacial score (nSPS) is 19.4. The molecule has 1 saturated heterocycles. The fraction of sp³-hybridized carbons (Fsp3) is 0.600. The molecule has 3 nitrogen and oxygen atoms in total. The van der Waals surface area contributed by atoms with Gasteiger partial charge in [0.1, 0.15) is 5.75 Å². The highest BCUT2D eigenvalue weighted by Crippen LogP contribution is 2.15. The highest BCUT2D eigenvalue weighted by Gasteiger charge is 2.14. The van der Waals surface area contributed by atoms with Crippen LogP contribution in [0.4, 0.5) is 0 Å². The number of benzene rings is 1. The largest absolute Gasteiger partial charge is 0.491 e. The second kappa shape index (κ2) is 6.76. The third-order valence-corrected chi connectivity index (χ3v) is 3.06. The van der Waals surface area contributed by atoms with Crippen molar-refractivity contribution in [2.75, 3.05) is 19.8 Å². The van der Waals surface area contributed by atoms with Crippen LogP contribution in [-0.2, 0) is 11.3 Å². The number of hydrogen-bond donors (Lipinski definition) is 1. The van der Waals surface area contributed by atoms with E-state index in [1.165, 1.54) is 12.0 Å². The van der Waals surface area contributed by atoms with E-state index >= 15 is 0 Å². The molecule has 0 bridgehead atoms. The molecular weight excluding hydrogens is 226 g/mol. The Morgan fingerprint density at radius 1 is 1.44 bits per heavy atom. The number of ether oxygens (including phenoxy) is 2. The summed E-state index contributed by atoms with van der Waals surface area (Å²) in [6.45, 7) is 7.85. The molecule has 0 spiro atoms. The Kier molecular flexibility index (Phi) is 5.02. The van der Waals surface area contributed by atoms with Crippen molar-refractivity contribution in [2.45, 2.75) is 32.9 Å². The van der Waals surface area contributed by atoms with E-state index in [9.17, 15) is 0 Å². The van der Waals surface area contributed by atoms with Crippen molar-refractivity contribution < 1.29 is 9.47 Å². The third-order valence-electron chi connectivity index (χ3n) is 3.06. The molecule has 18 heavy (non-hydrogen) atoms. The predicted octanol–water partition coefficient (Wildman–Crippen LogP) is 2.60. The predicted molar refractivity (Wildman–Crippen MR) is 72.8 cm³/mol. The summed E-state index contributed by atoms with van der Waals surface area (Å²) in [5.41, 5.74) is 1.27. The van der Waals surface area contributed by atoms with E-state index < -0.39 is 0 Å². The Morgan fingerprint density at radius 2 is 2.33 bits per heavy atom. The van der Waals surface area contributed by atoms with Crippen LogP contribution in [0.1, 0.15) is 25.8 Å². The van der Waals surface area contributed by atoms with Gasteiger partial charge in [-0.25, -0.2) is 0 Å². The van der Waals surface area contributed by atoms with Crippen molar-refractivity contribution in [1.29, 1.82) is 0 Å². The van der Waals surface area contributed by atoms with Crippen LogP contribution in [0.5, 0.6) is 5.75 Å². The third kappa shape index (κ3) is 4.31. The average Bonchev–Trinajstić information content (AvgIpc) is 2.82. The lowest BCUT2D eigenvalue weighted by atomic mass is 10.1. The maximum Gasteiger partial charge on any atom is 0.120 e. The van der Waals surface area contributed by atoms with Gasteiger partial charge in [0, 0.05) is 19.7 Å². The van der Waals surface area contributed by atoms with Crippen LogP contribution in [0.3, 0.4) is 0 Å². The summed E-state index contributed by atoms with van der Waals surface area (Å²) in [6.07, 6.45) is 1.41. The molecule has 1 aliphatic rings. The van der Waals surface area contributed by atoms with E-state index in [1.54, 1.807) is 0 Å². The molecule has 1 atom stereocenters. The second-order valence-electron chi connectivity index (χ2n) is 5.17. The molecule has 1 aliphatic heterocycles. The maximum atomic E-state index is 5.69. The van der Waals surface area contributed by atoms with Gasteiger partial charge in [-0.1, -0.05) is 12.1 Å². The lowest BCUT2D eigenvalue weighted by molar-refractivity contribution is 0.185. The molecule has 1 heterocycles. The van der Waals surface area contributed by atoms with Gasteiger partial charge in [-0.15, -0.1) is 0 Å². The fourth-order valence-electron chi connectivity index (χ4n) is 2.17. The fourth-order valence-corrected chi connectivity index (χ4v) is 2.17. The van der Waals surface area contributed by atoms with Gasteiger partial charge < -0.3 is 14.8 Å². The Morgan fingerprint density at radius 3 is 3.06 bits per heavy atom. The first-order valence-corrected chi connectivity index (χ1v) is 6.78. The Hall–Kier alpha value is -1.06. The molecule has 2 rings (SSSR count). The van der Waals surface area contributed by atoms with Crippen LogP contribution in [0.2, 0.25) is 0 Å². The summed E-state index contributed by atoms with van der Waals surface area (Å²) >= 11 is 0. The van der Waals surface area contributed by atoms with Crippen LogP contribution in [0, 0.1) is 5.92 Å². The quantitative estimate of drug-likeness (QED) is 0.840. The minimum absolute atomic E-state index is 0.226. The van der Waals surface area contributed by atoms with Crippen molar-refractivity contribution in [3.05, 3.63) is 29.8 Å². The van der Waals surface area contributed by atoms with Crippen LogP contribution >= 0.6 is 0 Å². The van der Waals surface area contributed by atoms with Gasteiger partial charge in [-0.3, -0.25) is 0 Å². The zero-order chi connectivity index (χ0) is 12.8. The summed E-state index contributed by atoms with van der Waals surface area (Å²) in [5.74, 6) is 1.63. The molecule has 0 saturated carbocycles. The van der Waals surface area contributed by atoms with E-state index in [-0.39, 0.29) is 6.10 Å². The average molecular weight is 249 g/mol. The first-order chi connectivity index (χ1) is 8.74. The van der Waals surface area contributed by atoms with Crippen molar-refractivity contribution >= 4 is 0 Å². The molecule has 0 aliphatic carbocycles. The number of rotatable bonds is 6. The standard InChI is InChI=1S/C15H23NO2/c1-12(2)18-15-5-3-4-13(8-15)9-16-10-14-6-7-17-11-14/h3-5,8,12,14,16H,6-7,9-11H2,1-2H3. The van der Waals surface area contributed by atoms with Crippen molar-refractivity contribution in [3.8, 4) is 5.75 Å². The van der Waals surface area contributed by atoms with Crippen LogP contribution in [0.15, 0.2) is 24.3 Å². The molecule has 0 radical (unpaired) electrons. The first-order valence-electron chi connectivity index (χ1n) is 6.78. The van der Waals surface area contributed by atoms with E-state index in [1.807, 2.05) is 26.0 Å². The summed E-state index contributed by atoms with van der Waals surface area (Å²) in [6, 6.07) is 8.30. The van der Waals surface area contributed by atoms with Gasteiger partial charge in [-0.05, 0) is 43.9 Å². The smallest absolute Gasteiger partial charge is 0.120 e. The SMILES string of the molecule is CC(C)Oc1cccc(CNCC2CCOC2)c1. The highest BCUT2D eigenvalue weighted by molar-refractivity contribution is 5.28. The van der Waals surface area contributed by atoms with Gasteiger partial charge in [-0.2, -0.15) is 0 Å². The van der Waals surface area contributed by atoms with Crippen molar-refractivity contribution in [1.82, 2.24) is 5.32 Å². The molecule has 0 amide bonds. The monoisotopic (exact) mass is 249 g/mol. The van der Waals surface area contributed by atoms with Gasteiger partial charge in [0.15, 0.2) is 0 Å². The van der Waals surface area contributed by atoms with E-state index in [0.717, 1.165) is 32.1 Å². The van der Waals surface area contributed by atoms with Crippen molar-refractivity contribution in [3.63, 3.8) is 0 Å². The summed E-state index contributed by atoms with van der Waals surface area (Å²) in [7, 11) is 0. The number of nitrogens with one attached hydrogen (secondary N) is 1. The molecule has 1 N–H and O–H groups in total. The molecule has 0 aromatic heterocycles. The maximum absolute atomic E-state index is 5.69. The molecule has 1 fully saturated rings. The van der Waals surface area contributed by atoms with Crippen LogP contribution < -0.4 is 10.1 Å². The first kappa shape index (κ1) is 13.4. The van der Waals surface area contributed by atoms with E-state index in [2.05, 4.69) is 17.4 Å². The molecule has 100 valence electrons. The molecule has 1 unspecified atom stereocenters. The zero-order valence-corrected chi connectivity index (χ0v) is 11.3. The minimum Gasteiger partial charge on any atom is -0.491 e. The van der Waals surface area contributed by atoms with Crippen LogP contribution in [0.25, 0.3) is 0 Å². The lowest BCUT2D eigenvalue weighted by Crippen LogP contribution is -2.22. The van der Waals surface area contributed by atoms with Gasteiger partial charge in [0.25, 0.3) is 0 Å². The van der Waals surface area contributed by atoms with Gasteiger partial charge in [0.2, 0.25) is 0 Å². The number of hydrogen-bond acceptors (Lipinski definition) is 3. The summed E-state index contributed by atoms with van der Waals surface area (Å²) in [4.78, 5) is 0. The van der Waals surface area contributed by atoms with E-state index in [4.69, 9.17) is 9.47 Å². The van der Waals surface area contributed by atoms with Crippen molar-refractivity contribution in [2.24, 2.45) is 5.92 Å². The lowest BCUT2D eigenvalue weighted by Gasteiger charge is -2.12. The topological polar surface area (TPSA) is 30.5 Å². The van der Waals surface area contributed by atoms with Gasteiger partial charge in [0.05, 0.1) is 12.7 Å². The second-order valence-corrected chi connectivity index (χ2v) is 5.17. The zero-order valence-electron chi connectivity index (χ0n) is 11.3. The van der Waals surface area contributed by atoms with Gasteiger partial charge >= 0.3 is 0 Å². The van der Waals surface area contributed by atoms with Crippen LogP contribution in [-0.4, -0.2) is 25.9 Å².